The first-order valence-electron chi connectivity index (χ1n) is 10.7. The van der Waals surface area contributed by atoms with E-state index in [4.69, 9.17) is 23.2 Å². The van der Waals surface area contributed by atoms with Crippen molar-refractivity contribution in [3.8, 4) is 0 Å². The van der Waals surface area contributed by atoms with Gasteiger partial charge in [-0.1, -0.05) is 29.3 Å². The fourth-order valence-corrected chi connectivity index (χ4v) is 4.11. The summed E-state index contributed by atoms with van der Waals surface area (Å²) in [6.07, 6.45) is -10.2. The maximum Gasteiger partial charge on any atom is 0.435 e. The Morgan fingerprint density at radius 3 is 2.03 bits per heavy atom. The highest BCUT2D eigenvalue weighted by molar-refractivity contribution is 6.40. The van der Waals surface area contributed by atoms with Gasteiger partial charge in [-0.2, -0.15) is 26.3 Å². The molecule has 39 heavy (non-hydrogen) atoms. The second-order valence-electron chi connectivity index (χ2n) is 7.85. The zero-order valence-corrected chi connectivity index (χ0v) is 20.9. The van der Waals surface area contributed by atoms with E-state index in [1.54, 1.807) is 0 Å². The van der Waals surface area contributed by atoms with Crippen molar-refractivity contribution in [2.24, 2.45) is 0 Å². The Labute approximate surface area is 225 Å². The molecule has 1 heterocycles. The fourth-order valence-electron chi connectivity index (χ4n) is 3.53. The molecule has 15 heteroatoms. The molecule has 0 bridgehead atoms. The number of alkyl halides is 7. The van der Waals surface area contributed by atoms with Crippen LogP contribution < -0.4 is 10.2 Å². The lowest BCUT2D eigenvalue weighted by Gasteiger charge is -2.30. The number of carbonyl (C=O) groups excluding carboxylic acids is 2. The number of halogens is 10. The molecule has 0 atom stereocenters. The van der Waals surface area contributed by atoms with Crippen molar-refractivity contribution in [3.05, 3.63) is 87.4 Å². The van der Waals surface area contributed by atoms with Gasteiger partial charge in [-0.3, -0.25) is 14.6 Å². The SMILES string of the molecule is CCN(C(=O)c1cccnc1)c1cccc(C(=O)Nc2c(Cl)cc(C(F)(C(F)(F)F)C(F)(F)F)cc2Cl)c1F. The predicted octanol–water partition coefficient (Wildman–Crippen LogP) is 7.74. The minimum atomic E-state index is -6.43. The third kappa shape index (κ3) is 5.64. The summed E-state index contributed by atoms with van der Waals surface area (Å²) in [6, 6.07) is 6.34. The number of hydrogen-bond acceptors (Lipinski definition) is 3. The highest BCUT2D eigenvalue weighted by Gasteiger charge is 2.73. The molecule has 5 nitrogen and oxygen atoms in total. The number of nitrogens with one attached hydrogen (secondary N) is 1. The maximum absolute atomic E-state index is 15.4. The Bertz CT molecular complexity index is 1360. The number of benzene rings is 2. The lowest BCUT2D eigenvalue weighted by atomic mass is 9.94. The van der Waals surface area contributed by atoms with E-state index in [0.717, 1.165) is 11.0 Å². The molecule has 2 amide bonds. The normalized spacial score (nSPS) is 12.3. The lowest BCUT2D eigenvalue weighted by Crippen LogP contribution is -2.50. The topological polar surface area (TPSA) is 62.3 Å². The van der Waals surface area contributed by atoms with E-state index in [2.05, 4.69) is 4.98 Å². The Balaban J connectivity index is 1.98. The summed E-state index contributed by atoms with van der Waals surface area (Å²) in [5.74, 6) is -3.10. The van der Waals surface area contributed by atoms with Gasteiger partial charge in [-0.05, 0) is 43.3 Å². The number of nitrogens with zero attached hydrogens (tertiary/aromatic N) is 2. The van der Waals surface area contributed by atoms with Gasteiger partial charge in [0.05, 0.1) is 32.5 Å². The van der Waals surface area contributed by atoms with Crippen LogP contribution in [0.1, 0.15) is 33.2 Å². The summed E-state index contributed by atoms with van der Waals surface area (Å²) in [5, 5.41) is 0.0232. The van der Waals surface area contributed by atoms with E-state index in [9.17, 15) is 40.3 Å². The fraction of sp³-hybridized carbons (Fsp3) is 0.208. The molecular weight excluding hydrogens is 585 g/mol. The third-order valence-electron chi connectivity index (χ3n) is 5.44. The van der Waals surface area contributed by atoms with E-state index < -0.39 is 62.5 Å². The lowest BCUT2D eigenvalue weighted by molar-refractivity contribution is -0.348. The van der Waals surface area contributed by atoms with Crippen molar-refractivity contribution in [1.82, 2.24) is 4.98 Å². The highest BCUT2D eigenvalue weighted by Crippen LogP contribution is 2.54. The molecule has 0 radical (unpaired) electrons. The van der Waals surface area contributed by atoms with Crippen LogP contribution in [-0.4, -0.2) is 35.7 Å². The molecule has 0 spiro atoms. The molecule has 2 aromatic carbocycles. The molecule has 3 aromatic rings. The molecule has 0 saturated heterocycles. The van der Waals surface area contributed by atoms with Gasteiger partial charge in [0.1, 0.15) is 0 Å². The van der Waals surface area contributed by atoms with Gasteiger partial charge in [0.25, 0.3) is 11.8 Å². The largest absolute Gasteiger partial charge is 0.435 e. The van der Waals surface area contributed by atoms with Gasteiger partial charge in [0, 0.05) is 24.5 Å². The molecule has 0 aliphatic rings. The maximum atomic E-state index is 15.4. The van der Waals surface area contributed by atoms with E-state index in [0.29, 0.717) is 0 Å². The number of anilines is 2. The Hall–Kier alpha value is -3.45. The second kappa shape index (κ2) is 11.0. The number of rotatable bonds is 6. The average Bonchev–Trinajstić information content (AvgIpc) is 2.85. The third-order valence-corrected chi connectivity index (χ3v) is 6.04. The summed E-state index contributed by atoms with van der Waals surface area (Å²) < 4.78 is 108. The first-order valence-corrected chi connectivity index (χ1v) is 11.4. The molecular formula is C24H15Cl2F8N3O2. The molecule has 1 N–H and O–H groups in total. The first-order chi connectivity index (χ1) is 18.0. The zero-order valence-electron chi connectivity index (χ0n) is 19.4. The predicted molar refractivity (Wildman–Crippen MR) is 127 cm³/mol. The molecule has 0 saturated carbocycles. The Kier molecular flexibility index (Phi) is 8.46. The van der Waals surface area contributed by atoms with Crippen LogP contribution in [0.3, 0.4) is 0 Å². The number of hydrogen-bond donors (Lipinski definition) is 1. The van der Waals surface area contributed by atoms with E-state index in [1.807, 2.05) is 5.32 Å². The molecule has 0 unspecified atom stereocenters. The van der Waals surface area contributed by atoms with Crippen LogP contribution in [0.5, 0.6) is 0 Å². The van der Waals surface area contributed by atoms with Gasteiger partial charge < -0.3 is 10.2 Å². The summed E-state index contributed by atoms with van der Waals surface area (Å²) in [5.41, 5.74) is -9.37. The molecule has 0 aliphatic heterocycles. The van der Waals surface area contributed by atoms with Crippen molar-refractivity contribution in [2.75, 3.05) is 16.8 Å². The molecule has 1 aromatic heterocycles. The van der Waals surface area contributed by atoms with Crippen LogP contribution >= 0.6 is 23.2 Å². The smallest absolute Gasteiger partial charge is 0.319 e. The van der Waals surface area contributed by atoms with Crippen LogP contribution in [0.4, 0.5) is 46.5 Å². The highest BCUT2D eigenvalue weighted by atomic mass is 35.5. The quantitative estimate of drug-likeness (QED) is 0.295. The minimum absolute atomic E-state index is 0.00217. The van der Waals surface area contributed by atoms with E-state index in [1.165, 1.54) is 43.6 Å². The monoisotopic (exact) mass is 599 g/mol. The summed E-state index contributed by atoms with van der Waals surface area (Å²) in [7, 11) is 0. The van der Waals surface area contributed by atoms with Crippen molar-refractivity contribution in [1.29, 1.82) is 0 Å². The number of pyridine rings is 1. The second-order valence-corrected chi connectivity index (χ2v) is 8.67. The minimum Gasteiger partial charge on any atom is -0.319 e. The summed E-state index contributed by atoms with van der Waals surface area (Å²) >= 11 is 11.5. The van der Waals surface area contributed by atoms with Crippen LogP contribution in [0.25, 0.3) is 0 Å². The molecule has 0 aliphatic carbocycles. The number of aromatic nitrogens is 1. The van der Waals surface area contributed by atoms with Gasteiger partial charge in [-0.25, -0.2) is 8.78 Å². The average molecular weight is 600 g/mol. The molecule has 0 fully saturated rings. The Morgan fingerprint density at radius 2 is 1.54 bits per heavy atom. The van der Waals surface area contributed by atoms with E-state index >= 15 is 4.39 Å². The number of amides is 2. The van der Waals surface area contributed by atoms with Crippen molar-refractivity contribution >= 4 is 46.4 Å². The standard InChI is InChI=1S/C24H15Cl2F8N3O2/c1-2-37(21(39)12-5-4-8-35-11-12)17-7-3-6-14(18(17)27)20(38)36-19-15(25)9-13(10-16(19)26)22(28,23(29,30)31)24(32,33)34/h3-11H,2H2,1H3,(H,36,38). The van der Waals surface area contributed by atoms with Gasteiger partial charge in [-0.15, -0.1) is 0 Å². The van der Waals surface area contributed by atoms with E-state index in [-0.39, 0.29) is 29.9 Å². The summed E-state index contributed by atoms with van der Waals surface area (Å²) in [6.45, 7) is 1.51. The zero-order chi connectivity index (χ0) is 29.3. The summed E-state index contributed by atoms with van der Waals surface area (Å²) in [4.78, 5) is 30.5. The number of carbonyl (C=O) groups is 2. The van der Waals surface area contributed by atoms with Crippen LogP contribution in [0.15, 0.2) is 54.9 Å². The van der Waals surface area contributed by atoms with Gasteiger partial charge in [0.2, 0.25) is 0 Å². The van der Waals surface area contributed by atoms with Crippen molar-refractivity contribution in [3.63, 3.8) is 0 Å². The first kappa shape index (κ1) is 30.1. The van der Waals surface area contributed by atoms with Crippen molar-refractivity contribution < 1.29 is 44.7 Å². The van der Waals surface area contributed by atoms with Crippen LogP contribution in [0.2, 0.25) is 10.0 Å². The van der Waals surface area contributed by atoms with Crippen LogP contribution in [0, 0.1) is 5.82 Å². The van der Waals surface area contributed by atoms with Crippen LogP contribution in [-0.2, 0) is 5.67 Å². The van der Waals surface area contributed by atoms with Gasteiger partial charge >= 0.3 is 18.0 Å². The Morgan fingerprint density at radius 1 is 0.949 bits per heavy atom. The van der Waals surface area contributed by atoms with Gasteiger partial charge in [0.15, 0.2) is 5.82 Å². The molecule has 208 valence electrons. The molecule has 3 rings (SSSR count). The van der Waals surface area contributed by atoms with Crippen molar-refractivity contribution in [2.45, 2.75) is 24.9 Å².